The molecule has 0 radical (unpaired) electrons. The van der Waals surface area contributed by atoms with Gasteiger partial charge in [0.15, 0.2) is 0 Å². The number of hydrogen-bond donors (Lipinski definition) is 1. The van der Waals surface area contributed by atoms with Crippen LogP contribution in [0.25, 0.3) is 0 Å². The smallest absolute Gasteiger partial charge is 0.137 e. The lowest BCUT2D eigenvalue weighted by atomic mass is 9.90. The SMILES string of the molecule is COc1cncc(C(N)C(C)c2ccccc2)c1. The molecule has 1 heterocycles. The van der Waals surface area contributed by atoms with Crippen LogP contribution in [-0.2, 0) is 0 Å². The van der Waals surface area contributed by atoms with Gasteiger partial charge in [0.2, 0.25) is 0 Å². The zero-order valence-electron chi connectivity index (χ0n) is 10.7. The molecule has 2 N–H and O–H groups in total. The standard InChI is InChI=1S/C15H18N2O/c1-11(12-6-4-3-5-7-12)15(16)13-8-14(18-2)10-17-9-13/h3-11,15H,16H2,1-2H3. The van der Waals surface area contributed by atoms with Gasteiger partial charge in [0.25, 0.3) is 0 Å². The molecule has 0 amide bonds. The van der Waals surface area contributed by atoms with Crippen LogP contribution in [0.2, 0.25) is 0 Å². The zero-order chi connectivity index (χ0) is 13.0. The third kappa shape index (κ3) is 2.68. The Labute approximate surface area is 108 Å². The third-order valence-corrected chi connectivity index (χ3v) is 3.22. The number of pyridine rings is 1. The predicted molar refractivity (Wildman–Crippen MR) is 72.6 cm³/mol. The van der Waals surface area contributed by atoms with Crippen molar-refractivity contribution in [2.24, 2.45) is 5.73 Å². The Hall–Kier alpha value is -1.87. The van der Waals surface area contributed by atoms with E-state index in [1.165, 1.54) is 5.56 Å². The van der Waals surface area contributed by atoms with Gasteiger partial charge < -0.3 is 10.5 Å². The fourth-order valence-corrected chi connectivity index (χ4v) is 1.98. The van der Waals surface area contributed by atoms with Crippen molar-refractivity contribution in [3.8, 4) is 5.75 Å². The van der Waals surface area contributed by atoms with Crippen molar-refractivity contribution in [2.75, 3.05) is 7.11 Å². The highest BCUT2D eigenvalue weighted by molar-refractivity contribution is 5.30. The molecule has 0 fully saturated rings. The summed E-state index contributed by atoms with van der Waals surface area (Å²) in [6, 6.07) is 12.1. The molecule has 2 aromatic rings. The molecule has 0 bridgehead atoms. The van der Waals surface area contributed by atoms with Gasteiger partial charge in [-0.1, -0.05) is 37.3 Å². The summed E-state index contributed by atoms with van der Waals surface area (Å²) < 4.78 is 5.17. The number of ether oxygens (including phenoxy) is 1. The highest BCUT2D eigenvalue weighted by Gasteiger charge is 2.17. The van der Waals surface area contributed by atoms with Crippen LogP contribution >= 0.6 is 0 Å². The average molecular weight is 242 g/mol. The van der Waals surface area contributed by atoms with Crippen molar-refractivity contribution in [1.82, 2.24) is 4.98 Å². The summed E-state index contributed by atoms with van der Waals surface area (Å²) in [6.45, 7) is 2.12. The van der Waals surface area contributed by atoms with Crippen molar-refractivity contribution >= 4 is 0 Å². The lowest BCUT2D eigenvalue weighted by Gasteiger charge is -2.20. The first kappa shape index (κ1) is 12.6. The summed E-state index contributed by atoms with van der Waals surface area (Å²) in [5.74, 6) is 0.975. The Kier molecular flexibility index (Phi) is 3.95. The molecule has 18 heavy (non-hydrogen) atoms. The number of hydrogen-bond acceptors (Lipinski definition) is 3. The Bertz CT molecular complexity index is 499. The average Bonchev–Trinajstić information content (AvgIpc) is 2.46. The van der Waals surface area contributed by atoms with Gasteiger partial charge in [-0.3, -0.25) is 4.98 Å². The van der Waals surface area contributed by atoms with Gasteiger partial charge in [0.05, 0.1) is 13.3 Å². The number of benzene rings is 1. The molecule has 2 atom stereocenters. The summed E-state index contributed by atoms with van der Waals surface area (Å²) >= 11 is 0. The Morgan fingerprint density at radius 1 is 1.11 bits per heavy atom. The summed E-state index contributed by atoms with van der Waals surface area (Å²) in [5, 5.41) is 0. The maximum absolute atomic E-state index is 6.30. The number of aromatic nitrogens is 1. The first-order chi connectivity index (χ1) is 8.72. The third-order valence-electron chi connectivity index (χ3n) is 3.22. The van der Waals surface area contributed by atoms with E-state index in [1.54, 1.807) is 19.5 Å². The molecule has 2 unspecified atom stereocenters. The molecule has 1 aromatic carbocycles. The van der Waals surface area contributed by atoms with Gasteiger partial charge in [-0.15, -0.1) is 0 Å². The maximum atomic E-state index is 6.30. The topological polar surface area (TPSA) is 48.1 Å². The number of methoxy groups -OCH3 is 1. The monoisotopic (exact) mass is 242 g/mol. The van der Waals surface area contributed by atoms with Crippen LogP contribution in [0, 0.1) is 0 Å². The van der Waals surface area contributed by atoms with Crippen LogP contribution in [0.4, 0.5) is 0 Å². The van der Waals surface area contributed by atoms with Crippen molar-refractivity contribution < 1.29 is 4.74 Å². The first-order valence-electron chi connectivity index (χ1n) is 6.02. The van der Waals surface area contributed by atoms with E-state index in [1.807, 2.05) is 24.3 Å². The van der Waals surface area contributed by atoms with E-state index in [0.29, 0.717) is 0 Å². The van der Waals surface area contributed by atoms with Crippen LogP contribution in [0.5, 0.6) is 5.75 Å². The highest BCUT2D eigenvalue weighted by Crippen LogP contribution is 2.29. The first-order valence-corrected chi connectivity index (χ1v) is 6.02. The van der Waals surface area contributed by atoms with Gasteiger partial charge in [-0.05, 0) is 17.2 Å². The molecule has 0 aliphatic carbocycles. The van der Waals surface area contributed by atoms with E-state index in [-0.39, 0.29) is 12.0 Å². The fourth-order valence-electron chi connectivity index (χ4n) is 1.98. The summed E-state index contributed by atoms with van der Waals surface area (Å²) in [7, 11) is 1.63. The number of rotatable bonds is 4. The van der Waals surface area contributed by atoms with E-state index in [9.17, 15) is 0 Å². The van der Waals surface area contributed by atoms with Crippen molar-refractivity contribution in [3.05, 3.63) is 59.9 Å². The molecule has 94 valence electrons. The highest BCUT2D eigenvalue weighted by atomic mass is 16.5. The van der Waals surface area contributed by atoms with E-state index in [0.717, 1.165) is 11.3 Å². The molecule has 0 aliphatic heterocycles. The van der Waals surface area contributed by atoms with E-state index in [2.05, 4.69) is 24.0 Å². The second-order valence-electron chi connectivity index (χ2n) is 4.38. The molecular weight excluding hydrogens is 224 g/mol. The second kappa shape index (κ2) is 5.65. The Morgan fingerprint density at radius 2 is 1.83 bits per heavy atom. The molecule has 3 nitrogen and oxygen atoms in total. The molecule has 0 saturated heterocycles. The number of nitrogens with two attached hydrogens (primary N) is 1. The molecule has 2 rings (SSSR count). The summed E-state index contributed by atoms with van der Waals surface area (Å²) in [5.41, 5.74) is 8.52. The van der Waals surface area contributed by atoms with Crippen LogP contribution in [0.3, 0.4) is 0 Å². The van der Waals surface area contributed by atoms with Crippen LogP contribution < -0.4 is 10.5 Å². The maximum Gasteiger partial charge on any atom is 0.137 e. The Morgan fingerprint density at radius 3 is 2.50 bits per heavy atom. The van der Waals surface area contributed by atoms with Crippen LogP contribution in [0.15, 0.2) is 48.8 Å². The molecule has 3 heteroatoms. The molecule has 0 aliphatic rings. The summed E-state index contributed by atoms with van der Waals surface area (Å²) in [6.07, 6.45) is 3.48. The minimum absolute atomic E-state index is 0.0880. The predicted octanol–water partition coefficient (Wildman–Crippen LogP) is 2.89. The largest absolute Gasteiger partial charge is 0.495 e. The quantitative estimate of drug-likeness (QED) is 0.896. The van der Waals surface area contributed by atoms with Gasteiger partial charge in [0.1, 0.15) is 5.75 Å². The molecular formula is C15H18N2O. The van der Waals surface area contributed by atoms with Crippen molar-refractivity contribution in [2.45, 2.75) is 18.9 Å². The number of nitrogens with zero attached hydrogens (tertiary/aromatic N) is 1. The van der Waals surface area contributed by atoms with E-state index < -0.39 is 0 Å². The minimum Gasteiger partial charge on any atom is -0.495 e. The zero-order valence-corrected chi connectivity index (χ0v) is 10.7. The summed E-state index contributed by atoms with van der Waals surface area (Å²) in [4.78, 5) is 4.15. The van der Waals surface area contributed by atoms with Crippen LogP contribution in [-0.4, -0.2) is 12.1 Å². The van der Waals surface area contributed by atoms with Crippen molar-refractivity contribution in [3.63, 3.8) is 0 Å². The second-order valence-corrected chi connectivity index (χ2v) is 4.38. The fraction of sp³-hybridized carbons (Fsp3) is 0.267. The van der Waals surface area contributed by atoms with Crippen molar-refractivity contribution in [1.29, 1.82) is 0 Å². The molecule has 1 aromatic heterocycles. The van der Waals surface area contributed by atoms with E-state index >= 15 is 0 Å². The lowest BCUT2D eigenvalue weighted by molar-refractivity contribution is 0.411. The van der Waals surface area contributed by atoms with Gasteiger partial charge >= 0.3 is 0 Å². The van der Waals surface area contributed by atoms with Gasteiger partial charge in [0, 0.05) is 18.2 Å². The van der Waals surface area contributed by atoms with Crippen LogP contribution in [0.1, 0.15) is 30.0 Å². The van der Waals surface area contributed by atoms with Gasteiger partial charge in [-0.2, -0.15) is 0 Å². The lowest BCUT2D eigenvalue weighted by Crippen LogP contribution is -2.17. The normalized spacial score (nSPS) is 13.9. The molecule has 0 saturated carbocycles. The Balaban J connectivity index is 2.22. The van der Waals surface area contributed by atoms with E-state index in [4.69, 9.17) is 10.5 Å². The minimum atomic E-state index is -0.0880. The molecule has 0 spiro atoms. The van der Waals surface area contributed by atoms with Gasteiger partial charge in [-0.25, -0.2) is 0 Å².